The number of halogens is 3. The molecule has 0 spiro atoms. The van der Waals surface area contributed by atoms with E-state index in [9.17, 15) is 28.4 Å². The fourth-order valence-corrected chi connectivity index (χ4v) is 3.15. The van der Waals surface area contributed by atoms with Crippen molar-refractivity contribution in [2.45, 2.75) is 37.8 Å². The van der Waals surface area contributed by atoms with Crippen LogP contribution in [0.4, 0.5) is 18.9 Å². The Balaban J connectivity index is 2.50. The van der Waals surface area contributed by atoms with Crippen LogP contribution in [0.5, 0.6) is 5.75 Å². The fourth-order valence-electron chi connectivity index (χ4n) is 3.15. The average Bonchev–Trinajstić information content (AvgIpc) is 2.45. The van der Waals surface area contributed by atoms with Crippen molar-refractivity contribution in [1.29, 1.82) is 0 Å². The zero-order chi connectivity index (χ0) is 16.5. The van der Waals surface area contributed by atoms with Gasteiger partial charge in [0.2, 0.25) is 0 Å². The maximum absolute atomic E-state index is 13.3. The molecule has 22 heavy (non-hydrogen) atoms. The smallest absolute Gasteiger partial charge is 0.423 e. The van der Waals surface area contributed by atoms with Gasteiger partial charge in [0.05, 0.1) is 4.92 Å². The topological polar surface area (TPSA) is 89.4 Å². The highest BCUT2D eigenvalue weighted by molar-refractivity contribution is 5.55. The first-order valence-corrected chi connectivity index (χ1v) is 7.03. The lowest BCUT2D eigenvalue weighted by Crippen LogP contribution is -2.22. The number of phenolic OH excluding ortho intramolecular Hbond substituents is 1. The van der Waals surface area contributed by atoms with E-state index in [1.54, 1.807) is 0 Å². The van der Waals surface area contributed by atoms with Gasteiger partial charge in [-0.3, -0.25) is 10.1 Å². The van der Waals surface area contributed by atoms with Crippen molar-refractivity contribution in [2.24, 2.45) is 11.7 Å². The molecule has 2 rings (SSSR count). The molecule has 122 valence electrons. The molecule has 1 aromatic rings. The lowest BCUT2D eigenvalue weighted by atomic mass is 9.77. The molecular formula is C14H17F3N2O3. The Morgan fingerprint density at radius 1 is 1.27 bits per heavy atom. The summed E-state index contributed by atoms with van der Waals surface area (Å²) in [5.74, 6) is -0.820. The Morgan fingerprint density at radius 3 is 2.32 bits per heavy atom. The predicted molar refractivity (Wildman–Crippen MR) is 73.5 cm³/mol. The van der Waals surface area contributed by atoms with Crippen LogP contribution < -0.4 is 5.73 Å². The van der Waals surface area contributed by atoms with Crippen LogP contribution in [0.25, 0.3) is 0 Å². The third kappa shape index (κ3) is 3.16. The maximum atomic E-state index is 13.3. The summed E-state index contributed by atoms with van der Waals surface area (Å²) >= 11 is 0. The van der Waals surface area contributed by atoms with E-state index in [1.807, 2.05) is 0 Å². The molecule has 0 saturated heterocycles. The van der Waals surface area contributed by atoms with Gasteiger partial charge >= 0.3 is 6.18 Å². The molecule has 8 heteroatoms. The number of rotatable bonds is 3. The number of phenols is 1. The summed E-state index contributed by atoms with van der Waals surface area (Å²) in [6.45, 7) is 0.472. The van der Waals surface area contributed by atoms with Gasteiger partial charge in [-0.2, -0.15) is 13.2 Å². The van der Waals surface area contributed by atoms with Crippen molar-refractivity contribution < 1.29 is 23.2 Å². The molecule has 0 amide bonds. The first-order chi connectivity index (χ1) is 10.3. The Morgan fingerprint density at radius 2 is 1.86 bits per heavy atom. The van der Waals surface area contributed by atoms with Gasteiger partial charge in [-0.05, 0) is 50.1 Å². The Labute approximate surface area is 125 Å². The molecule has 1 aliphatic carbocycles. The van der Waals surface area contributed by atoms with Gasteiger partial charge in [0.1, 0.15) is 11.3 Å². The lowest BCUT2D eigenvalue weighted by Gasteiger charge is -2.29. The van der Waals surface area contributed by atoms with Gasteiger partial charge in [0.25, 0.3) is 5.69 Å². The highest BCUT2D eigenvalue weighted by Gasteiger charge is 2.44. The maximum Gasteiger partial charge on any atom is 0.423 e. The van der Waals surface area contributed by atoms with Gasteiger partial charge in [-0.1, -0.05) is 0 Å². The number of nitro benzene ring substituents is 1. The summed E-state index contributed by atoms with van der Waals surface area (Å²) in [6, 6.07) is 1.67. The minimum absolute atomic E-state index is 0.256. The SMILES string of the molecule is NCC1CCC(c2c(O)ccc([N+](=O)[O-])c2C(F)(F)F)CC1. The molecule has 0 aromatic heterocycles. The molecule has 3 N–H and O–H groups in total. The molecule has 0 heterocycles. The third-order valence-corrected chi connectivity index (χ3v) is 4.27. The highest BCUT2D eigenvalue weighted by atomic mass is 19.4. The van der Waals surface area contributed by atoms with Crippen LogP contribution in [-0.2, 0) is 6.18 Å². The number of aromatic hydroxyl groups is 1. The predicted octanol–water partition coefficient (Wildman–Crippen LogP) is 3.55. The molecule has 0 radical (unpaired) electrons. The Hall–Kier alpha value is -1.83. The molecular weight excluding hydrogens is 301 g/mol. The Bertz CT molecular complexity index is 567. The van der Waals surface area contributed by atoms with Crippen molar-refractivity contribution >= 4 is 5.69 Å². The molecule has 0 aliphatic heterocycles. The van der Waals surface area contributed by atoms with Crippen LogP contribution >= 0.6 is 0 Å². The third-order valence-electron chi connectivity index (χ3n) is 4.27. The van der Waals surface area contributed by atoms with E-state index in [1.165, 1.54) is 0 Å². The van der Waals surface area contributed by atoms with E-state index in [0.29, 0.717) is 38.3 Å². The van der Waals surface area contributed by atoms with Gasteiger partial charge in [-0.25, -0.2) is 0 Å². The molecule has 0 unspecified atom stereocenters. The first kappa shape index (κ1) is 16.5. The van der Waals surface area contributed by atoms with Crippen LogP contribution in [0.15, 0.2) is 12.1 Å². The Kier molecular flexibility index (Phi) is 4.60. The number of hydrogen-bond acceptors (Lipinski definition) is 4. The monoisotopic (exact) mass is 318 g/mol. The quantitative estimate of drug-likeness (QED) is 0.659. The second-order valence-corrected chi connectivity index (χ2v) is 5.60. The summed E-state index contributed by atoms with van der Waals surface area (Å²) in [4.78, 5) is 9.86. The van der Waals surface area contributed by atoms with Crippen molar-refractivity contribution in [3.63, 3.8) is 0 Å². The van der Waals surface area contributed by atoms with E-state index >= 15 is 0 Å². The number of benzene rings is 1. The minimum Gasteiger partial charge on any atom is -0.508 e. The van der Waals surface area contributed by atoms with E-state index in [-0.39, 0.29) is 11.5 Å². The van der Waals surface area contributed by atoms with Crippen LogP contribution in [0.1, 0.15) is 42.7 Å². The second-order valence-electron chi connectivity index (χ2n) is 5.60. The summed E-state index contributed by atoms with van der Waals surface area (Å²) < 4.78 is 39.9. The van der Waals surface area contributed by atoms with Crippen LogP contribution in [0.2, 0.25) is 0 Å². The number of alkyl halides is 3. The van der Waals surface area contributed by atoms with Crippen molar-refractivity contribution in [3.8, 4) is 5.75 Å². The number of hydrogen-bond donors (Lipinski definition) is 2. The molecule has 1 aliphatic rings. The molecule has 1 fully saturated rings. The van der Waals surface area contributed by atoms with E-state index in [2.05, 4.69) is 0 Å². The highest BCUT2D eigenvalue weighted by Crippen LogP contribution is 2.48. The minimum atomic E-state index is -4.89. The number of nitrogens with two attached hydrogens (primary N) is 1. The van der Waals surface area contributed by atoms with Gasteiger partial charge < -0.3 is 10.8 Å². The largest absolute Gasteiger partial charge is 0.508 e. The average molecular weight is 318 g/mol. The van der Waals surface area contributed by atoms with Gasteiger partial charge in [-0.15, -0.1) is 0 Å². The molecule has 0 bridgehead atoms. The van der Waals surface area contributed by atoms with Crippen molar-refractivity contribution in [3.05, 3.63) is 33.4 Å². The molecule has 1 saturated carbocycles. The van der Waals surface area contributed by atoms with E-state index in [4.69, 9.17) is 5.73 Å². The molecule has 5 nitrogen and oxygen atoms in total. The summed E-state index contributed by atoms with van der Waals surface area (Å²) in [5.41, 5.74) is 2.87. The molecule has 1 aromatic carbocycles. The fraction of sp³-hybridized carbons (Fsp3) is 0.571. The number of nitro groups is 1. The van der Waals surface area contributed by atoms with E-state index < -0.39 is 34.0 Å². The van der Waals surface area contributed by atoms with Crippen molar-refractivity contribution in [1.82, 2.24) is 0 Å². The van der Waals surface area contributed by atoms with Gasteiger partial charge in [0, 0.05) is 11.6 Å². The van der Waals surface area contributed by atoms with Crippen molar-refractivity contribution in [2.75, 3.05) is 6.54 Å². The van der Waals surface area contributed by atoms with Crippen LogP contribution in [0, 0.1) is 16.0 Å². The van der Waals surface area contributed by atoms with Gasteiger partial charge in [0.15, 0.2) is 0 Å². The summed E-state index contributed by atoms with van der Waals surface area (Å²) in [6.07, 6.45) is -2.72. The van der Waals surface area contributed by atoms with Crippen LogP contribution in [-0.4, -0.2) is 16.6 Å². The zero-order valence-electron chi connectivity index (χ0n) is 11.8. The zero-order valence-corrected chi connectivity index (χ0v) is 11.8. The second kappa shape index (κ2) is 6.12. The summed E-state index contributed by atoms with van der Waals surface area (Å²) in [5, 5.41) is 20.8. The van der Waals surface area contributed by atoms with E-state index in [0.717, 1.165) is 6.07 Å². The lowest BCUT2D eigenvalue weighted by molar-refractivity contribution is -0.388. The number of nitrogens with zero attached hydrogens (tertiary/aromatic N) is 1. The summed E-state index contributed by atoms with van der Waals surface area (Å²) in [7, 11) is 0. The first-order valence-electron chi connectivity index (χ1n) is 7.03. The molecule has 0 atom stereocenters. The standard InChI is InChI=1S/C14H17F3N2O3/c15-14(16,17)13-10(19(21)22)5-6-11(20)12(13)9-3-1-8(7-18)2-4-9/h5-6,8-9,20H,1-4,7,18H2. The normalized spacial score (nSPS) is 22.5. The van der Waals surface area contributed by atoms with Crippen LogP contribution in [0.3, 0.4) is 0 Å².